The Morgan fingerprint density at radius 1 is 1.61 bits per heavy atom. The lowest BCUT2D eigenvalue weighted by Gasteiger charge is -2.42. The number of ether oxygens (including phenoxy) is 2. The summed E-state index contributed by atoms with van der Waals surface area (Å²) in [5.74, 6) is 8.68. The van der Waals surface area contributed by atoms with E-state index in [0.29, 0.717) is 5.92 Å². The lowest BCUT2D eigenvalue weighted by Crippen LogP contribution is -2.53. The molecule has 4 atom stereocenters. The Morgan fingerprint density at radius 2 is 2.44 bits per heavy atom. The average Bonchev–Trinajstić information content (AvgIpc) is 2.79. The van der Waals surface area contributed by atoms with Gasteiger partial charge in [0, 0.05) is 25.0 Å². The summed E-state index contributed by atoms with van der Waals surface area (Å²) in [4.78, 5) is 0. The number of nitrogens with two attached hydrogens (primary N) is 1. The molecule has 106 valence electrons. The molecule has 18 heavy (non-hydrogen) atoms. The Morgan fingerprint density at radius 3 is 3.06 bits per heavy atom. The van der Waals surface area contributed by atoms with Gasteiger partial charge in [-0.15, -0.1) is 0 Å². The highest BCUT2D eigenvalue weighted by atomic mass is 32.2. The van der Waals surface area contributed by atoms with Gasteiger partial charge in [-0.2, -0.15) is 11.8 Å². The molecule has 0 aromatic heterocycles. The fourth-order valence-electron chi connectivity index (χ4n) is 3.26. The minimum absolute atomic E-state index is 0.120. The highest BCUT2D eigenvalue weighted by molar-refractivity contribution is 7.99. The van der Waals surface area contributed by atoms with Crippen LogP contribution >= 0.6 is 11.8 Å². The van der Waals surface area contributed by atoms with Crippen LogP contribution in [0.15, 0.2) is 0 Å². The minimum Gasteiger partial charge on any atom is -0.377 e. The molecule has 0 aromatic carbocycles. The van der Waals surface area contributed by atoms with Crippen LogP contribution in [0.1, 0.15) is 33.1 Å². The van der Waals surface area contributed by atoms with Crippen LogP contribution in [0.5, 0.6) is 0 Å². The van der Waals surface area contributed by atoms with E-state index >= 15 is 0 Å². The van der Waals surface area contributed by atoms with Gasteiger partial charge in [-0.05, 0) is 44.8 Å². The smallest absolute Gasteiger partial charge is 0.0783 e. The standard InChI is InChI=1S/C13H26N2O2S/c1-3-16-10(2)12(15-14)11-4-6-17-13(8-11)5-7-18-9-13/h10-12,15H,3-9,14H2,1-2H3. The molecular formula is C13H26N2O2S. The molecule has 2 saturated heterocycles. The second-order valence-electron chi connectivity index (χ2n) is 5.44. The third-order valence-electron chi connectivity index (χ3n) is 4.23. The maximum absolute atomic E-state index is 6.06. The van der Waals surface area contributed by atoms with Crippen molar-refractivity contribution in [3.05, 3.63) is 0 Å². The van der Waals surface area contributed by atoms with Crippen molar-refractivity contribution in [2.45, 2.75) is 50.9 Å². The van der Waals surface area contributed by atoms with Crippen molar-refractivity contribution in [2.24, 2.45) is 11.8 Å². The van der Waals surface area contributed by atoms with E-state index in [4.69, 9.17) is 15.3 Å². The molecule has 0 amide bonds. The molecule has 3 N–H and O–H groups in total. The number of rotatable bonds is 5. The first-order valence-corrected chi connectivity index (χ1v) is 8.15. The first kappa shape index (κ1) is 14.6. The summed E-state index contributed by atoms with van der Waals surface area (Å²) in [6, 6.07) is 0.233. The molecule has 1 spiro atoms. The summed E-state index contributed by atoms with van der Waals surface area (Å²) in [6.45, 7) is 5.74. The molecule has 4 unspecified atom stereocenters. The molecule has 5 heteroatoms. The van der Waals surface area contributed by atoms with Crippen molar-refractivity contribution in [2.75, 3.05) is 24.7 Å². The SMILES string of the molecule is CCOC(C)C(NN)C1CCOC2(CCSC2)C1. The fourth-order valence-corrected chi connectivity index (χ4v) is 4.64. The zero-order valence-electron chi connectivity index (χ0n) is 11.5. The van der Waals surface area contributed by atoms with Gasteiger partial charge in [-0.25, -0.2) is 0 Å². The molecule has 2 heterocycles. The van der Waals surface area contributed by atoms with Crippen LogP contribution < -0.4 is 11.3 Å². The zero-order chi connectivity index (χ0) is 13.0. The lowest BCUT2D eigenvalue weighted by molar-refractivity contribution is -0.0957. The van der Waals surface area contributed by atoms with E-state index in [1.54, 1.807) is 0 Å². The van der Waals surface area contributed by atoms with E-state index in [2.05, 4.69) is 12.3 Å². The fraction of sp³-hybridized carbons (Fsp3) is 1.00. The van der Waals surface area contributed by atoms with Crippen LogP contribution in [0.4, 0.5) is 0 Å². The summed E-state index contributed by atoms with van der Waals surface area (Å²) in [5, 5.41) is 0. The summed E-state index contributed by atoms with van der Waals surface area (Å²) < 4.78 is 11.8. The number of hydrogen-bond acceptors (Lipinski definition) is 5. The zero-order valence-corrected chi connectivity index (χ0v) is 12.3. The van der Waals surface area contributed by atoms with Gasteiger partial charge in [-0.3, -0.25) is 11.3 Å². The molecule has 0 aliphatic carbocycles. The summed E-state index contributed by atoms with van der Waals surface area (Å²) in [6.07, 6.45) is 3.55. The molecule has 0 saturated carbocycles. The molecule has 2 fully saturated rings. The second kappa shape index (κ2) is 6.57. The van der Waals surface area contributed by atoms with Gasteiger partial charge in [0.1, 0.15) is 0 Å². The highest BCUT2D eigenvalue weighted by Gasteiger charge is 2.43. The average molecular weight is 274 g/mol. The van der Waals surface area contributed by atoms with E-state index < -0.39 is 0 Å². The maximum atomic E-state index is 6.06. The van der Waals surface area contributed by atoms with E-state index in [-0.39, 0.29) is 17.7 Å². The van der Waals surface area contributed by atoms with Gasteiger partial charge in [0.05, 0.1) is 11.7 Å². The molecule has 0 radical (unpaired) electrons. The van der Waals surface area contributed by atoms with Crippen LogP contribution in [-0.2, 0) is 9.47 Å². The summed E-state index contributed by atoms with van der Waals surface area (Å²) in [7, 11) is 0. The molecule has 2 aliphatic rings. The topological polar surface area (TPSA) is 56.5 Å². The highest BCUT2D eigenvalue weighted by Crippen LogP contribution is 2.41. The van der Waals surface area contributed by atoms with Crippen molar-refractivity contribution in [1.82, 2.24) is 5.43 Å². The predicted molar refractivity (Wildman–Crippen MR) is 75.5 cm³/mol. The van der Waals surface area contributed by atoms with Crippen LogP contribution in [-0.4, -0.2) is 42.5 Å². The Kier molecular flexibility index (Phi) is 5.33. The van der Waals surface area contributed by atoms with E-state index in [9.17, 15) is 0 Å². The monoisotopic (exact) mass is 274 g/mol. The lowest BCUT2D eigenvalue weighted by atomic mass is 9.80. The Bertz CT molecular complexity index is 259. The van der Waals surface area contributed by atoms with Crippen molar-refractivity contribution < 1.29 is 9.47 Å². The normalized spacial score (nSPS) is 35.8. The van der Waals surface area contributed by atoms with Crippen molar-refractivity contribution >= 4 is 11.8 Å². The van der Waals surface area contributed by atoms with Crippen LogP contribution in [0.2, 0.25) is 0 Å². The minimum atomic E-state index is 0.120. The van der Waals surface area contributed by atoms with Gasteiger partial charge >= 0.3 is 0 Å². The Balaban J connectivity index is 1.97. The summed E-state index contributed by atoms with van der Waals surface area (Å²) >= 11 is 2.01. The van der Waals surface area contributed by atoms with Crippen LogP contribution in [0.25, 0.3) is 0 Å². The number of hydrogen-bond donors (Lipinski definition) is 2. The molecule has 2 aliphatic heterocycles. The molecule has 2 rings (SSSR count). The van der Waals surface area contributed by atoms with Gasteiger partial charge in [0.15, 0.2) is 0 Å². The summed E-state index contributed by atoms with van der Waals surface area (Å²) in [5.41, 5.74) is 3.10. The van der Waals surface area contributed by atoms with E-state index in [0.717, 1.165) is 31.8 Å². The maximum Gasteiger partial charge on any atom is 0.0783 e. The van der Waals surface area contributed by atoms with Crippen LogP contribution in [0.3, 0.4) is 0 Å². The largest absolute Gasteiger partial charge is 0.377 e. The van der Waals surface area contributed by atoms with Crippen molar-refractivity contribution in [3.63, 3.8) is 0 Å². The molecule has 4 nitrogen and oxygen atoms in total. The van der Waals surface area contributed by atoms with Crippen molar-refractivity contribution in [1.29, 1.82) is 0 Å². The Hall–Kier alpha value is 0.190. The van der Waals surface area contributed by atoms with Gasteiger partial charge in [0.2, 0.25) is 0 Å². The number of thioether (sulfide) groups is 1. The second-order valence-corrected chi connectivity index (χ2v) is 6.55. The molecule has 0 bridgehead atoms. The van der Waals surface area contributed by atoms with E-state index in [1.165, 1.54) is 12.2 Å². The van der Waals surface area contributed by atoms with Gasteiger partial charge < -0.3 is 9.47 Å². The number of nitrogens with one attached hydrogen (secondary N) is 1. The van der Waals surface area contributed by atoms with Crippen molar-refractivity contribution in [3.8, 4) is 0 Å². The van der Waals surface area contributed by atoms with Gasteiger partial charge in [-0.1, -0.05) is 0 Å². The Labute approximate surface area is 114 Å². The van der Waals surface area contributed by atoms with Gasteiger partial charge in [0.25, 0.3) is 0 Å². The molecule has 0 aromatic rings. The molecular weight excluding hydrogens is 248 g/mol. The first-order valence-electron chi connectivity index (χ1n) is 7.00. The third kappa shape index (κ3) is 3.20. The first-order chi connectivity index (χ1) is 8.71. The quantitative estimate of drug-likeness (QED) is 0.588. The number of hydrazine groups is 1. The predicted octanol–water partition coefficient (Wildman–Crippen LogP) is 1.55. The van der Waals surface area contributed by atoms with E-state index in [1.807, 2.05) is 18.7 Å². The third-order valence-corrected chi connectivity index (χ3v) is 5.46. The van der Waals surface area contributed by atoms with Crippen LogP contribution in [0, 0.1) is 5.92 Å².